The first-order chi connectivity index (χ1) is 21.1. The van der Waals surface area contributed by atoms with Crippen LogP contribution in [0.15, 0.2) is 59.5 Å². The smallest absolute Gasteiger partial charge is 0.410 e. The Kier molecular flexibility index (Phi) is 9.70. The number of hydrogen-bond donors (Lipinski definition) is 2. The Balaban J connectivity index is 1.39. The van der Waals surface area contributed by atoms with Crippen molar-refractivity contribution in [3.63, 3.8) is 0 Å². The number of amides is 2. The van der Waals surface area contributed by atoms with Crippen LogP contribution in [0.1, 0.15) is 29.4 Å². The molecule has 2 N–H and O–H groups in total. The number of pyridine rings is 1. The molecule has 12 heteroatoms. The van der Waals surface area contributed by atoms with Gasteiger partial charge in [-0.1, -0.05) is 56.9 Å². The van der Waals surface area contributed by atoms with Gasteiger partial charge in [-0.2, -0.15) is 0 Å². The summed E-state index contributed by atoms with van der Waals surface area (Å²) in [6.07, 6.45) is 5.52. The third-order valence-electron chi connectivity index (χ3n) is 7.68. The molecule has 3 aromatic heterocycles. The van der Waals surface area contributed by atoms with E-state index < -0.39 is 8.07 Å². The zero-order valence-electron chi connectivity index (χ0n) is 26.1. The Hall–Kier alpha value is -4.16. The van der Waals surface area contributed by atoms with Gasteiger partial charge in [-0.15, -0.1) is 0 Å². The first-order valence-electron chi connectivity index (χ1n) is 15.1. The number of nitrogens with zero attached hydrogens (tertiary/aromatic N) is 4. The molecule has 0 radical (unpaired) electrons. The number of nitrogens with one attached hydrogen (secondary N) is 2. The fraction of sp³-hybridized carbons (Fsp3) is 0.438. The molecule has 234 valence electrons. The molecule has 2 amide bonds. The highest BCUT2D eigenvalue weighted by Gasteiger charge is 2.30. The molecule has 1 aliphatic heterocycles. The van der Waals surface area contributed by atoms with Crippen LogP contribution in [0, 0.1) is 5.92 Å². The van der Waals surface area contributed by atoms with E-state index in [1.54, 1.807) is 18.1 Å². The van der Waals surface area contributed by atoms with E-state index in [1.807, 2.05) is 47.2 Å². The highest BCUT2D eigenvalue weighted by Crippen LogP contribution is 2.35. The maximum absolute atomic E-state index is 13.1. The topological polar surface area (TPSA) is 124 Å². The van der Waals surface area contributed by atoms with E-state index in [9.17, 15) is 9.59 Å². The second-order valence-corrected chi connectivity index (χ2v) is 18.3. The van der Waals surface area contributed by atoms with Gasteiger partial charge in [0.05, 0.1) is 11.3 Å². The molecule has 4 aromatic rings. The van der Waals surface area contributed by atoms with Gasteiger partial charge in [-0.05, 0) is 30.0 Å². The number of rotatable bonds is 11. The minimum absolute atomic E-state index is 0.0721. The number of benzene rings is 1. The number of fused-ring (bicyclic) bond motifs is 1. The van der Waals surface area contributed by atoms with E-state index in [0.29, 0.717) is 32.0 Å². The third kappa shape index (κ3) is 7.67. The van der Waals surface area contributed by atoms with Crippen molar-refractivity contribution in [1.29, 1.82) is 0 Å². The summed E-state index contributed by atoms with van der Waals surface area (Å²) >= 11 is 0. The summed E-state index contributed by atoms with van der Waals surface area (Å²) in [7, 11) is 0.342. The van der Waals surface area contributed by atoms with Crippen LogP contribution < -0.4 is 10.6 Å². The molecule has 0 saturated carbocycles. The molecular formula is C32H42N6O5Si. The number of carbonyl (C=O) groups excluding carboxylic acids is 2. The summed E-state index contributed by atoms with van der Waals surface area (Å²) in [5.74, 6) is 0.191. The van der Waals surface area contributed by atoms with Crippen LogP contribution in [0.5, 0.6) is 0 Å². The van der Waals surface area contributed by atoms with E-state index in [1.165, 1.54) is 6.26 Å². The first-order valence-corrected chi connectivity index (χ1v) is 18.8. The standard InChI is InChI=1S/C32H42N6O5Si/c1-22-15-24(18-38(17-22)32(40)43-19-23-9-7-6-8-10-23)35-28-25-11-12-37(21-41-13-14-44(3,4)5)29(25)34-16-26(28)31-36-27(20-42-31)30(39)33-2/h6-12,16,20,22,24H,13-15,17-19,21H2,1-5H3,(H,33,39)(H,34,35)/t22-,24+/m0/s1. The third-order valence-corrected chi connectivity index (χ3v) is 9.39. The second kappa shape index (κ2) is 13.6. The zero-order valence-corrected chi connectivity index (χ0v) is 27.1. The molecule has 44 heavy (non-hydrogen) atoms. The van der Waals surface area contributed by atoms with Gasteiger partial charge in [0.2, 0.25) is 5.89 Å². The normalized spacial score (nSPS) is 17.1. The summed E-state index contributed by atoms with van der Waals surface area (Å²) in [5, 5.41) is 7.14. The molecule has 0 unspecified atom stereocenters. The highest BCUT2D eigenvalue weighted by molar-refractivity contribution is 6.76. The monoisotopic (exact) mass is 618 g/mol. The second-order valence-electron chi connectivity index (χ2n) is 12.7. The number of carbonyl (C=O) groups is 2. The number of hydrogen-bond acceptors (Lipinski definition) is 8. The molecule has 1 aliphatic rings. The molecule has 1 fully saturated rings. The van der Waals surface area contributed by atoms with Gasteiger partial charge in [0, 0.05) is 58.6 Å². The molecule has 2 atom stereocenters. The largest absolute Gasteiger partial charge is 0.445 e. The van der Waals surface area contributed by atoms with E-state index >= 15 is 0 Å². The van der Waals surface area contributed by atoms with E-state index in [2.05, 4.69) is 42.2 Å². The van der Waals surface area contributed by atoms with Crippen molar-refractivity contribution in [2.75, 3.05) is 32.1 Å². The number of anilines is 1. The van der Waals surface area contributed by atoms with Crippen molar-refractivity contribution < 1.29 is 23.5 Å². The molecule has 1 aromatic carbocycles. The van der Waals surface area contributed by atoms with Crippen LogP contribution in [-0.2, 0) is 22.8 Å². The van der Waals surface area contributed by atoms with E-state index in [0.717, 1.165) is 34.7 Å². The number of aromatic nitrogens is 3. The van der Waals surface area contributed by atoms with Gasteiger partial charge in [0.1, 0.15) is 25.2 Å². The van der Waals surface area contributed by atoms with Crippen LogP contribution in [0.2, 0.25) is 25.7 Å². The summed E-state index contributed by atoms with van der Waals surface area (Å²) < 4.78 is 19.4. The molecule has 0 aliphatic carbocycles. The zero-order chi connectivity index (χ0) is 31.3. The predicted octanol–water partition coefficient (Wildman–Crippen LogP) is 5.82. The first kappa shape index (κ1) is 31.3. The minimum atomic E-state index is -1.21. The van der Waals surface area contributed by atoms with Crippen LogP contribution in [0.4, 0.5) is 10.5 Å². The van der Waals surface area contributed by atoms with Gasteiger partial charge < -0.3 is 34.0 Å². The maximum atomic E-state index is 13.1. The number of piperidine rings is 1. The highest BCUT2D eigenvalue weighted by atomic mass is 28.3. The number of likely N-dealkylation sites (tertiary alicyclic amines) is 1. The number of ether oxygens (including phenoxy) is 2. The van der Waals surface area contributed by atoms with Crippen molar-refractivity contribution in [3.05, 3.63) is 66.3 Å². The van der Waals surface area contributed by atoms with Crippen molar-refractivity contribution in [3.8, 4) is 11.5 Å². The Bertz CT molecular complexity index is 1580. The lowest BCUT2D eigenvalue weighted by molar-refractivity contribution is 0.0783. The molecule has 11 nitrogen and oxygen atoms in total. The van der Waals surface area contributed by atoms with Crippen molar-refractivity contribution in [2.24, 2.45) is 5.92 Å². The summed E-state index contributed by atoms with van der Waals surface area (Å²) in [5.41, 5.74) is 3.28. The fourth-order valence-electron chi connectivity index (χ4n) is 5.35. The van der Waals surface area contributed by atoms with Gasteiger partial charge in [0.15, 0.2) is 5.69 Å². The predicted molar refractivity (Wildman–Crippen MR) is 172 cm³/mol. The summed E-state index contributed by atoms with van der Waals surface area (Å²) in [4.78, 5) is 36.3. The lowest BCUT2D eigenvalue weighted by atomic mass is 9.95. The molecule has 1 saturated heterocycles. The SMILES string of the molecule is CNC(=O)c1coc(-c2cnc3c(ccn3COCC[Si](C)(C)C)c2N[C@@H]2C[C@H](C)CN(C(=O)OCc3ccccc3)C2)n1. The molecule has 5 rings (SSSR count). The van der Waals surface area contributed by atoms with Crippen LogP contribution in [0.3, 0.4) is 0 Å². The van der Waals surface area contributed by atoms with Crippen molar-refractivity contribution >= 4 is 36.8 Å². The Morgan fingerprint density at radius 2 is 1.93 bits per heavy atom. The molecule has 0 bridgehead atoms. The van der Waals surface area contributed by atoms with Crippen LogP contribution in [-0.4, -0.2) is 72.3 Å². The average molecular weight is 619 g/mol. The number of oxazole rings is 1. The Labute approximate surface area is 259 Å². The molecular weight excluding hydrogens is 576 g/mol. The average Bonchev–Trinajstić information content (AvgIpc) is 3.66. The van der Waals surface area contributed by atoms with Gasteiger partial charge in [-0.25, -0.2) is 14.8 Å². The van der Waals surface area contributed by atoms with Gasteiger partial charge in [-0.3, -0.25) is 4.79 Å². The van der Waals surface area contributed by atoms with Crippen molar-refractivity contribution in [1.82, 2.24) is 24.8 Å². The molecule has 0 spiro atoms. The van der Waals surface area contributed by atoms with Crippen molar-refractivity contribution in [2.45, 2.75) is 58.4 Å². The fourth-order valence-corrected chi connectivity index (χ4v) is 6.11. The van der Waals surface area contributed by atoms with E-state index in [4.69, 9.17) is 18.9 Å². The van der Waals surface area contributed by atoms with E-state index in [-0.39, 0.29) is 42.2 Å². The summed E-state index contributed by atoms with van der Waals surface area (Å²) in [6, 6.07) is 12.7. The Morgan fingerprint density at radius 3 is 2.68 bits per heavy atom. The van der Waals surface area contributed by atoms with Gasteiger partial charge in [0.25, 0.3) is 5.91 Å². The lowest BCUT2D eigenvalue weighted by Gasteiger charge is -2.36. The van der Waals surface area contributed by atoms with Crippen LogP contribution >= 0.6 is 0 Å². The quantitative estimate of drug-likeness (QED) is 0.159. The van der Waals surface area contributed by atoms with Gasteiger partial charge >= 0.3 is 6.09 Å². The summed E-state index contributed by atoms with van der Waals surface area (Å²) in [6.45, 7) is 11.5. The minimum Gasteiger partial charge on any atom is -0.445 e. The molecule has 4 heterocycles. The van der Waals surface area contributed by atoms with Crippen LogP contribution in [0.25, 0.3) is 22.5 Å². The lowest BCUT2D eigenvalue weighted by Crippen LogP contribution is -2.48. The Morgan fingerprint density at radius 1 is 1.14 bits per heavy atom. The maximum Gasteiger partial charge on any atom is 0.410 e.